The second kappa shape index (κ2) is 8.04. The molecule has 9 heteroatoms. The van der Waals surface area contributed by atoms with Crippen molar-refractivity contribution in [3.05, 3.63) is 22.0 Å². The van der Waals surface area contributed by atoms with Crippen LogP contribution < -0.4 is 5.69 Å². The van der Waals surface area contributed by atoms with Crippen molar-refractivity contribution < 1.29 is 14.2 Å². The van der Waals surface area contributed by atoms with Crippen molar-refractivity contribution >= 4 is 22.8 Å². The Morgan fingerprint density at radius 1 is 1.23 bits per heavy atom. The number of halogens is 1. The molecule has 0 saturated carbocycles. The van der Waals surface area contributed by atoms with Gasteiger partial charge in [-0.05, 0) is 43.7 Å². The lowest BCUT2D eigenvalue weighted by Gasteiger charge is -2.23. The Morgan fingerprint density at radius 3 is 2.85 bits per heavy atom. The molecule has 0 aromatic carbocycles. The van der Waals surface area contributed by atoms with E-state index in [0.717, 1.165) is 38.7 Å². The molecule has 2 fully saturated rings. The normalized spacial score (nSPS) is 22.1. The van der Waals surface area contributed by atoms with Crippen molar-refractivity contribution in [2.45, 2.75) is 51.0 Å². The third-order valence-electron chi connectivity index (χ3n) is 4.99. The average molecular weight is 383 g/mol. The molecule has 1 atom stereocenters. The monoisotopic (exact) mass is 382 g/mol. The smallest absolute Gasteiger partial charge is 0.330 e. The van der Waals surface area contributed by atoms with Gasteiger partial charge in [-0.2, -0.15) is 4.98 Å². The standard InChI is InChI=1S/C17H23ClN4O4/c18-16-19-11-13-15(20-16)22(12-4-8-24-9-5-12)17(23)21(13)6-10-26-14-3-1-2-7-25-14/h11-12,14H,1-10H2. The number of hydrogen-bond acceptors (Lipinski definition) is 6. The Kier molecular flexibility index (Phi) is 5.54. The first-order chi connectivity index (χ1) is 12.7. The molecule has 2 saturated heterocycles. The van der Waals surface area contributed by atoms with Crippen LogP contribution >= 0.6 is 11.6 Å². The highest BCUT2D eigenvalue weighted by atomic mass is 35.5. The molecule has 0 spiro atoms. The van der Waals surface area contributed by atoms with Crippen molar-refractivity contribution in [1.29, 1.82) is 0 Å². The summed E-state index contributed by atoms with van der Waals surface area (Å²) < 4.78 is 20.2. The van der Waals surface area contributed by atoms with Crippen LogP contribution in [0.15, 0.2) is 11.0 Å². The fraction of sp³-hybridized carbons (Fsp3) is 0.706. The summed E-state index contributed by atoms with van der Waals surface area (Å²) in [7, 11) is 0. The van der Waals surface area contributed by atoms with E-state index in [4.69, 9.17) is 25.8 Å². The van der Waals surface area contributed by atoms with Crippen molar-refractivity contribution in [1.82, 2.24) is 19.1 Å². The highest BCUT2D eigenvalue weighted by molar-refractivity contribution is 6.28. The van der Waals surface area contributed by atoms with Gasteiger partial charge in [-0.25, -0.2) is 9.78 Å². The zero-order valence-electron chi connectivity index (χ0n) is 14.6. The lowest BCUT2D eigenvalue weighted by molar-refractivity contribution is -0.163. The Morgan fingerprint density at radius 2 is 2.08 bits per heavy atom. The van der Waals surface area contributed by atoms with Gasteiger partial charge < -0.3 is 14.2 Å². The highest BCUT2D eigenvalue weighted by Crippen LogP contribution is 2.24. The van der Waals surface area contributed by atoms with Gasteiger partial charge in [0.05, 0.1) is 19.3 Å². The highest BCUT2D eigenvalue weighted by Gasteiger charge is 2.24. The average Bonchev–Trinajstić information content (AvgIpc) is 2.94. The van der Waals surface area contributed by atoms with Gasteiger partial charge >= 0.3 is 5.69 Å². The second-order valence-corrected chi connectivity index (χ2v) is 7.00. The molecule has 0 radical (unpaired) electrons. The largest absolute Gasteiger partial charge is 0.381 e. The van der Waals surface area contributed by atoms with Crippen LogP contribution in [0.3, 0.4) is 0 Å². The molecule has 2 aromatic heterocycles. The van der Waals surface area contributed by atoms with E-state index in [1.165, 1.54) is 0 Å². The zero-order chi connectivity index (χ0) is 17.9. The number of fused-ring (bicyclic) bond motifs is 1. The Hall–Kier alpha value is -1.48. The minimum absolute atomic E-state index is 0.0635. The molecule has 2 aliphatic heterocycles. The molecular formula is C17H23ClN4O4. The van der Waals surface area contributed by atoms with Crippen molar-refractivity contribution in [3.63, 3.8) is 0 Å². The third kappa shape index (κ3) is 3.64. The minimum Gasteiger partial charge on any atom is -0.381 e. The van der Waals surface area contributed by atoms with Gasteiger partial charge in [0.2, 0.25) is 5.28 Å². The van der Waals surface area contributed by atoms with Crippen LogP contribution in [0.4, 0.5) is 0 Å². The van der Waals surface area contributed by atoms with Crippen LogP contribution in [-0.4, -0.2) is 51.8 Å². The summed E-state index contributed by atoms with van der Waals surface area (Å²) in [4.78, 5) is 21.4. The summed E-state index contributed by atoms with van der Waals surface area (Å²) in [6.07, 6.45) is 6.10. The van der Waals surface area contributed by atoms with Gasteiger partial charge in [-0.3, -0.25) is 9.13 Å². The molecule has 0 aliphatic carbocycles. The van der Waals surface area contributed by atoms with Crippen LogP contribution in [-0.2, 0) is 20.8 Å². The van der Waals surface area contributed by atoms with E-state index >= 15 is 0 Å². The van der Waals surface area contributed by atoms with Gasteiger partial charge in [0.15, 0.2) is 11.9 Å². The van der Waals surface area contributed by atoms with E-state index in [-0.39, 0.29) is 23.3 Å². The maximum absolute atomic E-state index is 13.1. The summed E-state index contributed by atoms with van der Waals surface area (Å²) in [5.74, 6) is 0. The molecule has 0 bridgehead atoms. The summed E-state index contributed by atoms with van der Waals surface area (Å²) in [6.45, 7) is 2.85. The van der Waals surface area contributed by atoms with Crippen LogP contribution in [0.25, 0.3) is 11.2 Å². The lowest BCUT2D eigenvalue weighted by Crippen LogP contribution is -2.32. The molecule has 0 N–H and O–H groups in total. The molecule has 1 unspecified atom stereocenters. The number of ether oxygens (including phenoxy) is 3. The number of imidazole rings is 1. The predicted molar refractivity (Wildman–Crippen MR) is 95.4 cm³/mol. The van der Waals surface area contributed by atoms with E-state index in [0.29, 0.717) is 37.5 Å². The second-order valence-electron chi connectivity index (χ2n) is 6.66. The topological polar surface area (TPSA) is 80.4 Å². The molecule has 8 nitrogen and oxygen atoms in total. The molecule has 2 aromatic rings. The van der Waals surface area contributed by atoms with Gasteiger partial charge in [0.25, 0.3) is 0 Å². The molecule has 26 heavy (non-hydrogen) atoms. The Bertz CT molecular complexity index is 809. The molecule has 4 heterocycles. The van der Waals surface area contributed by atoms with E-state index in [9.17, 15) is 4.79 Å². The number of rotatable bonds is 5. The molecule has 142 valence electrons. The predicted octanol–water partition coefficient (Wildman–Crippen LogP) is 2.14. The van der Waals surface area contributed by atoms with Crippen molar-refractivity contribution in [2.75, 3.05) is 26.4 Å². The first-order valence-corrected chi connectivity index (χ1v) is 9.56. The van der Waals surface area contributed by atoms with Gasteiger partial charge in [0.1, 0.15) is 5.52 Å². The van der Waals surface area contributed by atoms with Gasteiger partial charge in [0, 0.05) is 25.9 Å². The van der Waals surface area contributed by atoms with Crippen molar-refractivity contribution in [3.8, 4) is 0 Å². The summed E-state index contributed by atoms with van der Waals surface area (Å²) >= 11 is 5.98. The Balaban J connectivity index is 1.59. The van der Waals surface area contributed by atoms with Crippen LogP contribution in [0.1, 0.15) is 38.1 Å². The van der Waals surface area contributed by atoms with Crippen LogP contribution in [0, 0.1) is 0 Å². The summed E-state index contributed by atoms with van der Waals surface area (Å²) in [5, 5.41) is 0.141. The summed E-state index contributed by atoms with van der Waals surface area (Å²) in [5.41, 5.74) is 1.16. The van der Waals surface area contributed by atoms with E-state index in [1.54, 1.807) is 15.3 Å². The van der Waals surface area contributed by atoms with Crippen LogP contribution in [0.2, 0.25) is 5.28 Å². The molecule has 2 aliphatic rings. The van der Waals surface area contributed by atoms with Crippen molar-refractivity contribution in [2.24, 2.45) is 0 Å². The van der Waals surface area contributed by atoms with Gasteiger partial charge in [-0.15, -0.1) is 0 Å². The lowest BCUT2D eigenvalue weighted by atomic mass is 10.1. The maximum Gasteiger partial charge on any atom is 0.330 e. The molecule has 4 rings (SSSR count). The van der Waals surface area contributed by atoms with E-state index in [1.807, 2.05) is 0 Å². The third-order valence-corrected chi connectivity index (χ3v) is 5.17. The maximum atomic E-state index is 13.1. The van der Waals surface area contributed by atoms with E-state index in [2.05, 4.69) is 9.97 Å². The molecular weight excluding hydrogens is 360 g/mol. The summed E-state index contributed by atoms with van der Waals surface area (Å²) in [6, 6.07) is 0.0635. The fourth-order valence-electron chi connectivity index (χ4n) is 3.64. The number of aromatic nitrogens is 4. The Labute approximate surface area is 156 Å². The quantitative estimate of drug-likeness (QED) is 0.737. The van der Waals surface area contributed by atoms with Crippen LogP contribution in [0.5, 0.6) is 0 Å². The van der Waals surface area contributed by atoms with E-state index < -0.39 is 0 Å². The fourth-order valence-corrected chi connectivity index (χ4v) is 3.77. The van der Waals surface area contributed by atoms with Gasteiger partial charge in [-0.1, -0.05) is 0 Å². The SMILES string of the molecule is O=c1n(CCOC2CCCCO2)c2cnc(Cl)nc2n1C1CCOCC1. The number of nitrogens with zero attached hydrogens (tertiary/aromatic N) is 4. The number of hydrogen-bond donors (Lipinski definition) is 0. The zero-order valence-corrected chi connectivity index (χ0v) is 15.4. The minimum atomic E-state index is -0.172. The first-order valence-electron chi connectivity index (χ1n) is 9.18. The molecule has 0 amide bonds. The first kappa shape index (κ1) is 17.9.